The summed E-state index contributed by atoms with van der Waals surface area (Å²) in [6, 6.07) is 10.9. The summed E-state index contributed by atoms with van der Waals surface area (Å²) in [5.41, 5.74) is 2.07. The molecule has 0 atom stereocenters. The maximum atomic E-state index is 12.9. The first-order chi connectivity index (χ1) is 11.6. The minimum Gasteiger partial charge on any atom is -0.327 e. The van der Waals surface area contributed by atoms with Gasteiger partial charge in [0.2, 0.25) is 5.91 Å². The van der Waals surface area contributed by atoms with Gasteiger partial charge in [-0.25, -0.2) is 4.39 Å². The van der Waals surface area contributed by atoms with Crippen LogP contribution in [0.3, 0.4) is 0 Å². The Balaban J connectivity index is 1.78. The predicted octanol–water partition coefficient (Wildman–Crippen LogP) is 2.76. The van der Waals surface area contributed by atoms with E-state index < -0.39 is 0 Å². The summed E-state index contributed by atoms with van der Waals surface area (Å²) in [6.07, 6.45) is 4.92. The third-order valence-electron chi connectivity index (χ3n) is 3.47. The van der Waals surface area contributed by atoms with E-state index in [1.165, 1.54) is 24.3 Å². The van der Waals surface area contributed by atoms with Crippen LogP contribution >= 0.6 is 0 Å². The average molecular weight is 323 g/mol. The quantitative estimate of drug-likeness (QED) is 0.775. The summed E-state index contributed by atoms with van der Waals surface area (Å²) < 4.78 is 12.9. The Labute approximate surface area is 137 Å². The van der Waals surface area contributed by atoms with Crippen molar-refractivity contribution >= 4 is 11.6 Å². The van der Waals surface area contributed by atoms with Crippen LogP contribution in [-0.4, -0.2) is 15.9 Å². The highest BCUT2D eigenvalue weighted by Crippen LogP contribution is 2.18. The molecule has 1 aromatic carbocycles. The number of rotatable bonds is 4. The number of anilines is 1. The lowest BCUT2D eigenvalue weighted by Gasteiger charge is -2.07. The van der Waals surface area contributed by atoms with Crippen molar-refractivity contribution in [2.24, 2.45) is 0 Å². The SMILES string of the molecule is O=C(Cc1ccc(F)cc1)Nc1cc(-c2ccncc2)c[nH]c1=O. The minimum absolute atomic E-state index is 0.0548. The van der Waals surface area contributed by atoms with Gasteiger partial charge in [0.15, 0.2) is 0 Å². The number of nitrogens with zero attached hydrogens (tertiary/aromatic N) is 1. The summed E-state index contributed by atoms with van der Waals surface area (Å²) in [4.78, 5) is 30.5. The number of halogens is 1. The van der Waals surface area contributed by atoms with Gasteiger partial charge in [-0.3, -0.25) is 14.6 Å². The zero-order valence-corrected chi connectivity index (χ0v) is 12.6. The van der Waals surface area contributed by atoms with E-state index in [0.29, 0.717) is 5.56 Å². The van der Waals surface area contributed by atoms with Crippen molar-refractivity contribution in [2.45, 2.75) is 6.42 Å². The summed E-state index contributed by atoms with van der Waals surface area (Å²) in [7, 11) is 0. The number of pyridine rings is 2. The van der Waals surface area contributed by atoms with Gasteiger partial charge < -0.3 is 10.3 Å². The molecular weight excluding hydrogens is 309 g/mol. The summed E-state index contributed by atoms with van der Waals surface area (Å²) in [6.45, 7) is 0. The highest BCUT2D eigenvalue weighted by atomic mass is 19.1. The number of hydrogen-bond donors (Lipinski definition) is 2. The Bertz CT molecular complexity index is 906. The first-order valence-electron chi connectivity index (χ1n) is 7.29. The first-order valence-corrected chi connectivity index (χ1v) is 7.29. The van der Waals surface area contributed by atoms with Gasteiger partial charge in [-0.15, -0.1) is 0 Å². The van der Waals surface area contributed by atoms with Crippen molar-refractivity contribution in [1.29, 1.82) is 0 Å². The van der Waals surface area contributed by atoms with Gasteiger partial charge in [0.25, 0.3) is 5.56 Å². The lowest BCUT2D eigenvalue weighted by molar-refractivity contribution is -0.115. The van der Waals surface area contributed by atoms with Crippen LogP contribution in [0.5, 0.6) is 0 Å². The fraction of sp³-hybridized carbons (Fsp3) is 0.0556. The Kier molecular flexibility index (Phi) is 4.47. The van der Waals surface area contributed by atoms with E-state index in [4.69, 9.17) is 0 Å². The zero-order valence-electron chi connectivity index (χ0n) is 12.6. The van der Waals surface area contributed by atoms with Crippen molar-refractivity contribution in [3.8, 4) is 11.1 Å². The van der Waals surface area contributed by atoms with Crippen LogP contribution in [0.4, 0.5) is 10.1 Å². The van der Waals surface area contributed by atoms with Crippen molar-refractivity contribution in [3.63, 3.8) is 0 Å². The standard InChI is InChI=1S/C18H14FN3O2/c19-15-3-1-12(2-4-15)9-17(23)22-16-10-14(11-21-18(16)24)13-5-7-20-8-6-13/h1-8,10-11H,9H2,(H,21,24)(H,22,23). The number of amides is 1. The molecule has 0 saturated carbocycles. The number of aromatic nitrogens is 2. The third-order valence-corrected chi connectivity index (χ3v) is 3.47. The van der Waals surface area contributed by atoms with Crippen LogP contribution in [0.2, 0.25) is 0 Å². The van der Waals surface area contributed by atoms with Crippen molar-refractivity contribution in [1.82, 2.24) is 9.97 Å². The topological polar surface area (TPSA) is 74.8 Å². The fourth-order valence-electron chi connectivity index (χ4n) is 2.27. The Morgan fingerprint density at radius 2 is 1.79 bits per heavy atom. The molecule has 3 rings (SSSR count). The molecule has 2 heterocycles. The number of carbonyl (C=O) groups is 1. The van der Waals surface area contributed by atoms with E-state index in [-0.39, 0.29) is 29.4 Å². The number of carbonyl (C=O) groups excluding carboxylic acids is 1. The molecule has 24 heavy (non-hydrogen) atoms. The van der Waals surface area contributed by atoms with Gasteiger partial charge in [-0.1, -0.05) is 12.1 Å². The number of H-pyrrole nitrogens is 1. The molecule has 0 spiro atoms. The first kappa shape index (κ1) is 15.6. The highest BCUT2D eigenvalue weighted by Gasteiger charge is 2.09. The number of benzene rings is 1. The summed E-state index contributed by atoms with van der Waals surface area (Å²) in [5.74, 6) is -0.709. The second kappa shape index (κ2) is 6.87. The van der Waals surface area contributed by atoms with Gasteiger partial charge >= 0.3 is 0 Å². The van der Waals surface area contributed by atoms with E-state index in [9.17, 15) is 14.0 Å². The normalized spacial score (nSPS) is 10.4. The molecule has 0 bridgehead atoms. The second-order valence-electron chi connectivity index (χ2n) is 5.22. The summed E-state index contributed by atoms with van der Waals surface area (Å²) >= 11 is 0. The number of aromatic amines is 1. The second-order valence-corrected chi connectivity index (χ2v) is 5.22. The third kappa shape index (κ3) is 3.73. The Hall–Kier alpha value is -3.28. The molecule has 0 saturated heterocycles. The van der Waals surface area contributed by atoms with E-state index in [1.54, 1.807) is 36.8 Å². The molecule has 1 amide bonds. The predicted molar refractivity (Wildman–Crippen MR) is 89.0 cm³/mol. The maximum absolute atomic E-state index is 12.9. The van der Waals surface area contributed by atoms with E-state index >= 15 is 0 Å². The highest BCUT2D eigenvalue weighted by molar-refractivity contribution is 5.92. The monoisotopic (exact) mass is 323 g/mol. The molecule has 6 heteroatoms. The molecule has 0 radical (unpaired) electrons. The van der Waals surface area contributed by atoms with E-state index in [0.717, 1.165) is 11.1 Å². The number of nitrogens with one attached hydrogen (secondary N) is 2. The van der Waals surface area contributed by atoms with Crippen LogP contribution < -0.4 is 10.9 Å². The molecule has 3 aromatic rings. The van der Waals surface area contributed by atoms with Gasteiger partial charge in [0, 0.05) is 24.2 Å². The molecule has 2 N–H and O–H groups in total. The molecule has 120 valence electrons. The van der Waals surface area contributed by atoms with Crippen molar-refractivity contribution in [3.05, 3.63) is 82.8 Å². The van der Waals surface area contributed by atoms with Gasteiger partial charge in [-0.2, -0.15) is 0 Å². The van der Waals surface area contributed by atoms with Crippen LogP contribution in [0.15, 0.2) is 65.8 Å². The van der Waals surface area contributed by atoms with E-state index in [2.05, 4.69) is 15.3 Å². The average Bonchev–Trinajstić information content (AvgIpc) is 2.60. The molecule has 0 aliphatic carbocycles. The van der Waals surface area contributed by atoms with Gasteiger partial charge in [0.1, 0.15) is 11.5 Å². The lowest BCUT2D eigenvalue weighted by atomic mass is 10.1. The molecule has 0 fully saturated rings. The Morgan fingerprint density at radius 1 is 1.08 bits per heavy atom. The van der Waals surface area contributed by atoms with Crippen LogP contribution in [0, 0.1) is 5.82 Å². The van der Waals surface area contributed by atoms with Crippen molar-refractivity contribution in [2.75, 3.05) is 5.32 Å². The molecule has 5 nitrogen and oxygen atoms in total. The fourth-order valence-corrected chi connectivity index (χ4v) is 2.27. The number of hydrogen-bond acceptors (Lipinski definition) is 3. The van der Waals surface area contributed by atoms with Gasteiger partial charge in [-0.05, 0) is 41.5 Å². The molecule has 0 unspecified atom stereocenters. The van der Waals surface area contributed by atoms with Crippen LogP contribution in [-0.2, 0) is 11.2 Å². The van der Waals surface area contributed by atoms with Crippen LogP contribution in [0.1, 0.15) is 5.56 Å². The lowest BCUT2D eigenvalue weighted by Crippen LogP contribution is -2.21. The largest absolute Gasteiger partial charge is 0.327 e. The van der Waals surface area contributed by atoms with E-state index in [1.807, 2.05) is 0 Å². The maximum Gasteiger partial charge on any atom is 0.271 e. The minimum atomic E-state index is -0.389. The molecule has 2 aromatic heterocycles. The van der Waals surface area contributed by atoms with Crippen molar-refractivity contribution < 1.29 is 9.18 Å². The molecule has 0 aliphatic rings. The zero-order chi connectivity index (χ0) is 16.9. The van der Waals surface area contributed by atoms with Gasteiger partial charge in [0.05, 0.1) is 6.42 Å². The molecule has 0 aliphatic heterocycles. The Morgan fingerprint density at radius 3 is 2.50 bits per heavy atom. The van der Waals surface area contributed by atoms with Crippen LogP contribution in [0.25, 0.3) is 11.1 Å². The molecular formula is C18H14FN3O2. The smallest absolute Gasteiger partial charge is 0.271 e. The summed E-state index contributed by atoms with van der Waals surface area (Å²) in [5, 5.41) is 2.59.